The second-order valence-corrected chi connectivity index (χ2v) is 4.87. The Kier molecular flexibility index (Phi) is 4.93. The molecular weight excluding hydrogens is 250 g/mol. The van der Waals surface area contributed by atoms with Crippen LogP contribution in [0.4, 0.5) is 0 Å². The van der Waals surface area contributed by atoms with E-state index >= 15 is 0 Å². The summed E-state index contributed by atoms with van der Waals surface area (Å²) in [7, 11) is 1.85. The van der Waals surface area contributed by atoms with Crippen LogP contribution in [0.2, 0.25) is 0 Å². The van der Waals surface area contributed by atoms with Crippen molar-refractivity contribution >= 4 is 5.91 Å². The molecule has 2 aromatic rings. The van der Waals surface area contributed by atoms with Gasteiger partial charge in [-0.1, -0.05) is 30.3 Å². The Morgan fingerprint density at radius 1 is 1.25 bits per heavy atom. The van der Waals surface area contributed by atoms with Gasteiger partial charge in [-0.25, -0.2) is 0 Å². The minimum atomic E-state index is 0.165. The number of carbonyl (C=O) groups is 1. The number of hydrogen-bond acceptors (Lipinski definition) is 2. The van der Waals surface area contributed by atoms with Crippen LogP contribution in [0.3, 0.4) is 0 Å². The van der Waals surface area contributed by atoms with Gasteiger partial charge in [0.2, 0.25) is 5.91 Å². The molecule has 0 aliphatic rings. The molecule has 1 aromatic heterocycles. The van der Waals surface area contributed by atoms with E-state index in [-0.39, 0.29) is 5.91 Å². The quantitative estimate of drug-likeness (QED) is 0.809. The van der Waals surface area contributed by atoms with Gasteiger partial charge in [-0.05, 0) is 25.0 Å². The zero-order chi connectivity index (χ0) is 14.4. The van der Waals surface area contributed by atoms with Crippen LogP contribution in [-0.2, 0) is 24.3 Å². The zero-order valence-electron chi connectivity index (χ0n) is 12.1. The standard InChI is InChI=1S/C16H21N3O/c1-3-19-15(11-12-17-19)13-18(2)16(20)10-9-14-7-5-4-6-8-14/h4-8,11-12H,3,9-10,13H2,1-2H3. The van der Waals surface area contributed by atoms with Gasteiger partial charge in [0.1, 0.15) is 0 Å². The molecular formula is C16H21N3O. The SMILES string of the molecule is CCn1nccc1CN(C)C(=O)CCc1ccccc1. The predicted octanol–water partition coefficient (Wildman–Crippen LogP) is 2.49. The number of amides is 1. The topological polar surface area (TPSA) is 38.1 Å². The van der Waals surface area contributed by atoms with Crippen LogP contribution < -0.4 is 0 Å². The van der Waals surface area contributed by atoms with Crippen LogP contribution in [0.5, 0.6) is 0 Å². The Morgan fingerprint density at radius 2 is 2.00 bits per heavy atom. The minimum Gasteiger partial charge on any atom is -0.340 e. The van der Waals surface area contributed by atoms with Crippen molar-refractivity contribution in [2.24, 2.45) is 0 Å². The van der Waals surface area contributed by atoms with Gasteiger partial charge in [-0.15, -0.1) is 0 Å². The Bertz CT molecular complexity index is 548. The summed E-state index contributed by atoms with van der Waals surface area (Å²) < 4.78 is 1.92. The molecule has 0 bridgehead atoms. The number of nitrogens with zero attached hydrogens (tertiary/aromatic N) is 3. The van der Waals surface area contributed by atoms with E-state index in [1.807, 2.05) is 42.9 Å². The van der Waals surface area contributed by atoms with E-state index in [1.54, 1.807) is 11.1 Å². The number of benzene rings is 1. The lowest BCUT2D eigenvalue weighted by atomic mass is 10.1. The van der Waals surface area contributed by atoms with Crippen molar-refractivity contribution in [2.45, 2.75) is 32.9 Å². The number of aromatic nitrogens is 2. The van der Waals surface area contributed by atoms with Gasteiger partial charge >= 0.3 is 0 Å². The van der Waals surface area contributed by atoms with Gasteiger partial charge in [0.25, 0.3) is 0 Å². The molecule has 1 amide bonds. The fraction of sp³-hybridized carbons (Fsp3) is 0.375. The monoisotopic (exact) mass is 271 g/mol. The summed E-state index contributed by atoms with van der Waals surface area (Å²) in [5, 5.41) is 4.22. The van der Waals surface area contributed by atoms with Crippen molar-refractivity contribution in [3.63, 3.8) is 0 Å². The van der Waals surface area contributed by atoms with E-state index in [2.05, 4.69) is 17.2 Å². The van der Waals surface area contributed by atoms with Crippen molar-refractivity contribution in [2.75, 3.05) is 7.05 Å². The first-order valence-corrected chi connectivity index (χ1v) is 6.99. The summed E-state index contributed by atoms with van der Waals surface area (Å²) in [6, 6.07) is 12.1. The molecule has 0 N–H and O–H groups in total. The van der Waals surface area contributed by atoms with Crippen molar-refractivity contribution in [1.82, 2.24) is 14.7 Å². The van der Waals surface area contributed by atoms with E-state index in [0.29, 0.717) is 13.0 Å². The Labute approximate surface area is 120 Å². The molecule has 1 aromatic carbocycles. The molecule has 0 fully saturated rings. The maximum atomic E-state index is 12.1. The molecule has 4 heteroatoms. The van der Waals surface area contributed by atoms with Gasteiger partial charge in [0.15, 0.2) is 0 Å². The molecule has 0 aliphatic heterocycles. The van der Waals surface area contributed by atoms with Gasteiger partial charge < -0.3 is 4.90 Å². The second-order valence-electron chi connectivity index (χ2n) is 4.87. The lowest BCUT2D eigenvalue weighted by Gasteiger charge is -2.17. The molecule has 4 nitrogen and oxygen atoms in total. The average molecular weight is 271 g/mol. The molecule has 0 spiro atoms. The van der Waals surface area contributed by atoms with E-state index < -0.39 is 0 Å². The first-order chi connectivity index (χ1) is 9.70. The van der Waals surface area contributed by atoms with E-state index in [4.69, 9.17) is 0 Å². The number of rotatable bonds is 6. The normalized spacial score (nSPS) is 10.5. The van der Waals surface area contributed by atoms with Crippen LogP contribution in [-0.4, -0.2) is 27.6 Å². The van der Waals surface area contributed by atoms with Gasteiger partial charge in [-0.3, -0.25) is 9.48 Å². The van der Waals surface area contributed by atoms with Gasteiger partial charge in [-0.2, -0.15) is 5.10 Å². The zero-order valence-corrected chi connectivity index (χ0v) is 12.1. The van der Waals surface area contributed by atoms with Crippen molar-refractivity contribution in [3.8, 4) is 0 Å². The molecule has 0 saturated carbocycles. The smallest absolute Gasteiger partial charge is 0.222 e. The number of carbonyl (C=O) groups excluding carboxylic acids is 1. The Balaban J connectivity index is 1.86. The fourth-order valence-electron chi connectivity index (χ4n) is 2.20. The largest absolute Gasteiger partial charge is 0.340 e. The molecule has 0 saturated heterocycles. The third-order valence-electron chi connectivity index (χ3n) is 3.40. The van der Waals surface area contributed by atoms with Crippen LogP contribution >= 0.6 is 0 Å². The highest BCUT2D eigenvalue weighted by Gasteiger charge is 2.11. The van der Waals surface area contributed by atoms with E-state index in [0.717, 1.165) is 18.7 Å². The molecule has 2 rings (SSSR count). The van der Waals surface area contributed by atoms with Crippen molar-refractivity contribution in [3.05, 3.63) is 53.9 Å². The Morgan fingerprint density at radius 3 is 2.70 bits per heavy atom. The summed E-state index contributed by atoms with van der Waals surface area (Å²) in [5.74, 6) is 0.165. The highest BCUT2D eigenvalue weighted by atomic mass is 16.2. The lowest BCUT2D eigenvalue weighted by Crippen LogP contribution is -2.27. The highest BCUT2D eigenvalue weighted by molar-refractivity contribution is 5.76. The number of hydrogen-bond donors (Lipinski definition) is 0. The summed E-state index contributed by atoms with van der Waals surface area (Å²) in [6.45, 7) is 3.49. The first-order valence-electron chi connectivity index (χ1n) is 6.99. The number of aryl methyl sites for hydroxylation is 2. The molecule has 0 radical (unpaired) electrons. The summed E-state index contributed by atoms with van der Waals surface area (Å²) >= 11 is 0. The molecule has 1 heterocycles. The van der Waals surface area contributed by atoms with Crippen molar-refractivity contribution in [1.29, 1.82) is 0 Å². The first kappa shape index (κ1) is 14.3. The maximum absolute atomic E-state index is 12.1. The van der Waals surface area contributed by atoms with E-state index in [1.165, 1.54) is 5.56 Å². The lowest BCUT2D eigenvalue weighted by molar-refractivity contribution is -0.130. The Hall–Kier alpha value is -2.10. The third-order valence-corrected chi connectivity index (χ3v) is 3.40. The summed E-state index contributed by atoms with van der Waals surface area (Å²) in [6.07, 6.45) is 3.11. The predicted molar refractivity (Wildman–Crippen MR) is 79.1 cm³/mol. The highest BCUT2D eigenvalue weighted by Crippen LogP contribution is 2.07. The molecule has 20 heavy (non-hydrogen) atoms. The average Bonchev–Trinajstić information content (AvgIpc) is 2.93. The minimum absolute atomic E-state index is 0.165. The molecule has 0 unspecified atom stereocenters. The fourth-order valence-corrected chi connectivity index (χ4v) is 2.20. The summed E-state index contributed by atoms with van der Waals surface area (Å²) in [5.41, 5.74) is 2.27. The van der Waals surface area contributed by atoms with Gasteiger partial charge in [0.05, 0.1) is 12.2 Å². The van der Waals surface area contributed by atoms with Crippen LogP contribution in [0.1, 0.15) is 24.6 Å². The van der Waals surface area contributed by atoms with Gasteiger partial charge in [0, 0.05) is 26.2 Å². The summed E-state index contributed by atoms with van der Waals surface area (Å²) in [4.78, 5) is 13.9. The third kappa shape index (κ3) is 3.70. The van der Waals surface area contributed by atoms with Crippen LogP contribution in [0.15, 0.2) is 42.6 Å². The van der Waals surface area contributed by atoms with Crippen LogP contribution in [0.25, 0.3) is 0 Å². The van der Waals surface area contributed by atoms with Crippen LogP contribution in [0, 0.1) is 0 Å². The molecule has 0 atom stereocenters. The van der Waals surface area contributed by atoms with E-state index in [9.17, 15) is 4.79 Å². The molecule has 0 aliphatic carbocycles. The van der Waals surface area contributed by atoms with Crippen molar-refractivity contribution < 1.29 is 4.79 Å². The molecule has 106 valence electrons. The second kappa shape index (κ2) is 6.89. The maximum Gasteiger partial charge on any atom is 0.222 e.